The minimum atomic E-state index is -0.360. The van der Waals surface area contributed by atoms with Gasteiger partial charge in [-0.15, -0.1) is 0 Å². The van der Waals surface area contributed by atoms with Crippen LogP contribution < -0.4 is 14.2 Å². The van der Waals surface area contributed by atoms with Crippen molar-refractivity contribution in [1.82, 2.24) is 4.90 Å². The van der Waals surface area contributed by atoms with Gasteiger partial charge < -0.3 is 14.2 Å². The normalized spacial score (nSPS) is 14.4. The molecule has 1 saturated heterocycles. The fraction of sp³-hybridized carbons (Fsp3) is 0.185. The number of halogens is 2. The summed E-state index contributed by atoms with van der Waals surface area (Å²) in [6.45, 7) is 2.72. The molecule has 4 rings (SSSR count). The number of carbonyl (C=O) groups excluding carboxylic acids is 2. The minimum absolute atomic E-state index is 0.125. The topological polar surface area (TPSA) is 65.1 Å². The first-order chi connectivity index (χ1) is 17.4. The van der Waals surface area contributed by atoms with Crippen LogP contribution in [0.4, 0.5) is 4.79 Å². The third kappa shape index (κ3) is 6.16. The number of carbonyl (C=O) groups is 2. The lowest BCUT2D eigenvalue weighted by atomic mass is 10.1. The highest BCUT2D eigenvalue weighted by atomic mass is 127. The van der Waals surface area contributed by atoms with Crippen LogP contribution in [0.2, 0.25) is 5.02 Å². The van der Waals surface area contributed by atoms with Gasteiger partial charge in [-0.25, -0.2) is 0 Å². The van der Waals surface area contributed by atoms with Gasteiger partial charge >= 0.3 is 0 Å². The van der Waals surface area contributed by atoms with Crippen LogP contribution in [0.25, 0.3) is 6.08 Å². The number of hydrogen-bond donors (Lipinski definition) is 0. The van der Waals surface area contributed by atoms with Gasteiger partial charge in [0.2, 0.25) is 0 Å². The standard InChI is InChI=1S/C27H23ClINO5S/c1-17-7-3-4-8-19(17)16-35-25-21(29)13-18(14-23(25)33-2)15-24-26(31)30(27(32)36-24)11-12-34-22-10-6-5-9-20(22)28/h3-10,13-15H,11-12,16H2,1-2H3/b24-15-. The summed E-state index contributed by atoms with van der Waals surface area (Å²) in [6, 6.07) is 18.8. The predicted molar refractivity (Wildman–Crippen MR) is 151 cm³/mol. The SMILES string of the molecule is COc1cc(/C=C2\SC(=O)N(CCOc3ccccc3Cl)C2=O)cc(I)c1OCc1ccccc1C. The van der Waals surface area contributed by atoms with Crippen LogP contribution in [0.15, 0.2) is 65.6 Å². The second-order valence-corrected chi connectivity index (χ2v) is 10.4. The van der Waals surface area contributed by atoms with E-state index in [1.165, 1.54) is 4.90 Å². The molecule has 0 saturated carbocycles. The lowest BCUT2D eigenvalue weighted by Crippen LogP contribution is -2.32. The van der Waals surface area contributed by atoms with E-state index in [0.29, 0.717) is 33.8 Å². The molecule has 0 radical (unpaired) electrons. The zero-order chi connectivity index (χ0) is 25.7. The number of aryl methyl sites for hydroxylation is 1. The van der Waals surface area contributed by atoms with E-state index in [4.69, 9.17) is 25.8 Å². The molecule has 0 N–H and O–H groups in total. The fourth-order valence-corrected chi connectivity index (χ4v) is 5.37. The summed E-state index contributed by atoms with van der Waals surface area (Å²) < 4.78 is 18.1. The maximum Gasteiger partial charge on any atom is 0.293 e. The monoisotopic (exact) mass is 635 g/mol. The Labute approximate surface area is 232 Å². The van der Waals surface area contributed by atoms with Crippen molar-refractivity contribution >= 4 is 63.2 Å². The van der Waals surface area contributed by atoms with Crippen LogP contribution in [0.1, 0.15) is 16.7 Å². The largest absolute Gasteiger partial charge is 0.493 e. The molecule has 6 nitrogen and oxygen atoms in total. The van der Waals surface area contributed by atoms with Gasteiger partial charge in [0, 0.05) is 0 Å². The van der Waals surface area contributed by atoms with Gasteiger partial charge in [0.25, 0.3) is 11.1 Å². The van der Waals surface area contributed by atoms with Gasteiger partial charge in [-0.05, 0) is 88.3 Å². The van der Waals surface area contributed by atoms with Crippen LogP contribution in [0, 0.1) is 10.5 Å². The Balaban J connectivity index is 1.45. The molecule has 0 aliphatic carbocycles. The minimum Gasteiger partial charge on any atom is -0.493 e. The Kier molecular flexibility index (Phi) is 8.81. The number of para-hydroxylation sites is 1. The molecule has 0 spiro atoms. The first-order valence-electron chi connectivity index (χ1n) is 11.0. The summed E-state index contributed by atoms with van der Waals surface area (Å²) in [5, 5.41) is 0.135. The average molecular weight is 636 g/mol. The summed E-state index contributed by atoms with van der Waals surface area (Å²) in [5.41, 5.74) is 2.97. The Hall–Kier alpha value is -2.69. The van der Waals surface area contributed by atoms with Crippen molar-refractivity contribution in [2.24, 2.45) is 0 Å². The highest BCUT2D eigenvalue weighted by Crippen LogP contribution is 2.37. The van der Waals surface area contributed by atoms with E-state index in [1.54, 1.807) is 43.5 Å². The molecule has 2 amide bonds. The molecule has 3 aromatic carbocycles. The fourth-order valence-electron chi connectivity index (χ4n) is 3.54. The summed E-state index contributed by atoms with van der Waals surface area (Å²) in [5.74, 6) is 1.33. The molecule has 1 aliphatic rings. The zero-order valence-corrected chi connectivity index (χ0v) is 23.4. The molecule has 1 fully saturated rings. The molecule has 1 heterocycles. The van der Waals surface area contributed by atoms with Crippen molar-refractivity contribution in [3.05, 3.63) is 90.9 Å². The lowest BCUT2D eigenvalue weighted by molar-refractivity contribution is -0.123. The van der Waals surface area contributed by atoms with Gasteiger partial charge in [0.05, 0.1) is 27.2 Å². The number of imide groups is 1. The third-order valence-electron chi connectivity index (χ3n) is 5.47. The molecule has 0 atom stereocenters. The second-order valence-electron chi connectivity index (χ2n) is 7.86. The molecule has 0 unspecified atom stereocenters. The molecular formula is C27H23ClINO5S. The number of amides is 2. The summed E-state index contributed by atoms with van der Waals surface area (Å²) >= 11 is 9.17. The maximum atomic E-state index is 12.9. The molecule has 0 aromatic heterocycles. The number of rotatable bonds is 9. The van der Waals surface area contributed by atoms with E-state index < -0.39 is 0 Å². The van der Waals surface area contributed by atoms with Crippen molar-refractivity contribution in [3.63, 3.8) is 0 Å². The molecule has 3 aromatic rings. The average Bonchev–Trinajstić information content (AvgIpc) is 3.12. The number of nitrogens with zero attached hydrogens (tertiary/aromatic N) is 1. The van der Waals surface area contributed by atoms with E-state index in [0.717, 1.165) is 32.0 Å². The van der Waals surface area contributed by atoms with E-state index in [2.05, 4.69) is 22.6 Å². The van der Waals surface area contributed by atoms with E-state index in [9.17, 15) is 9.59 Å². The van der Waals surface area contributed by atoms with Crippen LogP contribution in [-0.2, 0) is 11.4 Å². The summed E-state index contributed by atoms with van der Waals surface area (Å²) in [7, 11) is 1.57. The lowest BCUT2D eigenvalue weighted by Gasteiger charge is -2.15. The van der Waals surface area contributed by atoms with Gasteiger partial charge in [-0.3, -0.25) is 14.5 Å². The molecule has 36 heavy (non-hydrogen) atoms. The number of methoxy groups -OCH3 is 1. The Morgan fingerprint density at radius 3 is 2.53 bits per heavy atom. The van der Waals surface area contributed by atoms with Crippen molar-refractivity contribution in [1.29, 1.82) is 0 Å². The number of benzene rings is 3. The molecule has 0 bridgehead atoms. The highest BCUT2D eigenvalue weighted by molar-refractivity contribution is 14.1. The van der Waals surface area contributed by atoms with Crippen LogP contribution in [0.3, 0.4) is 0 Å². The van der Waals surface area contributed by atoms with Crippen LogP contribution in [-0.4, -0.2) is 36.3 Å². The smallest absolute Gasteiger partial charge is 0.293 e. The molecule has 1 aliphatic heterocycles. The van der Waals surface area contributed by atoms with E-state index in [-0.39, 0.29) is 24.3 Å². The highest BCUT2D eigenvalue weighted by Gasteiger charge is 2.35. The molecule has 186 valence electrons. The van der Waals surface area contributed by atoms with E-state index in [1.807, 2.05) is 37.3 Å². The van der Waals surface area contributed by atoms with Crippen molar-refractivity contribution in [2.45, 2.75) is 13.5 Å². The van der Waals surface area contributed by atoms with Gasteiger partial charge in [-0.2, -0.15) is 0 Å². The Morgan fingerprint density at radius 1 is 1.03 bits per heavy atom. The van der Waals surface area contributed by atoms with Crippen molar-refractivity contribution in [3.8, 4) is 17.2 Å². The molecular weight excluding hydrogens is 613 g/mol. The van der Waals surface area contributed by atoms with Crippen LogP contribution in [0.5, 0.6) is 17.2 Å². The summed E-state index contributed by atoms with van der Waals surface area (Å²) in [6.07, 6.45) is 1.69. The number of ether oxygens (including phenoxy) is 3. The van der Waals surface area contributed by atoms with Crippen LogP contribution >= 0.6 is 46.0 Å². The first kappa shape index (κ1) is 26.4. The quantitative estimate of drug-likeness (QED) is 0.187. The summed E-state index contributed by atoms with van der Waals surface area (Å²) in [4.78, 5) is 26.9. The number of thioether (sulfide) groups is 1. The Bertz CT molecular complexity index is 1330. The first-order valence-corrected chi connectivity index (χ1v) is 13.3. The maximum absolute atomic E-state index is 12.9. The Morgan fingerprint density at radius 2 is 1.78 bits per heavy atom. The van der Waals surface area contributed by atoms with Gasteiger partial charge in [0.15, 0.2) is 11.5 Å². The van der Waals surface area contributed by atoms with Gasteiger partial charge in [-0.1, -0.05) is 48.0 Å². The third-order valence-corrected chi connectivity index (χ3v) is 7.49. The number of hydrogen-bond acceptors (Lipinski definition) is 6. The molecule has 9 heteroatoms. The van der Waals surface area contributed by atoms with E-state index >= 15 is 0 Å². The van der Waals surface area contributed by atoms with Crippen molar-refractivity contribution < 1.29 is 23.8 Å². The predicted octanol–water partition coefficient (Wildman–Crippen LogP) is 6.96. The van der Waals surface area contributed by atoms with Crippen molar-refractivity contribution in [2.75, 3.05) is 20.3 Å². The second kappa shape index (κ2) is 12.0. The van der Waals surface area contributed by atoms with Gasteiger partial charge in [0.1, 0.15) is 19.0 Å². The zero-order valence-electron chi connectivity index (χ0n) is 19.6.